The lowest BCUT2D eigenvalue weighted by atomic mass is 10.2. The van der Waals surface area contributed by atoms with Crippen molar-refractivity contribution in [1.82, 2.24) is 25.1 Å². The normalized spacial score (nSPS) is 19.7. The molecule has 4 rings (SSSR count). The molecule has 0 spiro atoms. The number of aromatic nitrogens is 2. The molecule has 10 heteroatoms. The van der Waals surface area contributed by atoms with Crippen LogP contribution in [0.15, 0.2) is 30.3 Å². The Kier molecular flexibility index (Phi) is 5.77. The van der Waals surface area contributed by atoms with E-state index in [0.29, 0.717) is 50.4 Å². The molecule has 0 bridgehead atoms. The van der Waals surface area contributed by atoms with Crippen LogP contribution in [-0.2, 0) is 9.53 Å². The maximum absolute atomic E-state index is 13.0. The lowest BCUT2D eigenvalue weighted by Crippen LogP contribution is -2.52. The maximum Gasteiger partial charge on any atom is 0.270 e. The van der Waals surface area contributed by atoms with E-state index in [1.54, 1.807) is 36.4 Å². The smallest absolute Gasteiger partial charge is 0.270 e. The van der Waals surface area contributed by atoms with Crippen LogP contribution in [0.25, 0.3) is 5.69 Å². The van der Waals surface area contributed by atoms with E-state index in [9.17, 15) is 14.4 Å². The Morgan fingerprint density at radius 3 is 2.80 bits per heavy atom. The van der Waals surface area contributed by atoms with Gasteiger partial charge in [0.05, 0.1) is 25.9 Å². The molecule has 1 atom stereocenters. The van der Waals surface area contributed by atoms with E-state index in [-0.39, 0.29) is 35.9 Å². The second kappa shape index (κ2) is 8.64. The summed E-state index contributed by atoms with van der Waals surface area (Å²) in [5.41, 5.74) is 1.08. The highest BCUT2D eigenvalue weighted by atomic mass is 16.5. The quantitative estimate of drug-likeness (QED) is 0.678. The zero-order chi connectivity index (χ0) is 21.1. The standard InChI is InChI=1S/C20H23N5O5/c1-29-17-4-2-16(3-5-17)25-18(10-15(12-26)22-25)20(28)21-14-6-7-23(11-14)24-8-9-30-13-19(24)27/h2-5,10,12,14H,6-9,11,13H2,1H3,(H,21,28). The number of aldehydes is 1. The van der Waals surface area contributed by atoms with Gasteiger partial charge in [-0.2, -0.15) is 5.10 Å². The monoisotopic (exact) mass is 413 g/mol. The summed E-state index contributed by atoms with van der Waals surface area (Å²) in [7, 11) is 1.57. The van der Waals surface area contributed by atoms with Crippen molar-refractivity contribution in [3.8, 4) is 11.4 Å². The number of methoxy groups -OCH3 is 1. The van der Waals surface area contributed by atoms with E-state index in [1.165, 1.54) is 10.7 Å². The van der Waals surface area contributed by atoms with Gasteiger partial charge in [0.1, 0.15) is 23.7 Å². The molecule has 30 heavy (non-hydrogen) atoms. The van der Waals surface area contributed by atoms with Crippen LogP contribution in [0.5, 0.6) is 5.75 Å². The van der Waals surface area contributed by atoms with Crippen LogP contribution in [0, 0.1) is 0 Å². The van der Waals surface area contributed by atoms with E-state index in [2.05, 4.69) is 10.4 Å². The molecule has 2 saturated heterocycles. The molecule has 3 heterocycles. The van der Waals surface area contributed by atoms with Crippen molar-refractivity contribution < 1.29 is 23.9 Å². The van der Waals surface area contributed by atoms with E-state index < -0.39 is 0 Å². The Bertz CT molecular complexity index is 942. The highest BCUT2D eigenvalue weighted by Crippen LogP contribution is 2.19. The van der Waals surface area contributed by atoms with Crippen molar-refractivity contribution in [3.63, 3.8) is 0 Å². The Morgan fingerprint density at radius 2 is 2.10 bits per heavy atom. The summed E-state index contributed by atoms with van der Waals surface area (Å²) in [6.07, 6.45) is 1.33. The SMILES string of the molecule is COc1ccc(-n2nc(C=O)cc2C(=O)NC2CCN(N3CCOCC3=O)C2)cc1. The topological polar surface area (TPSA) is 106 Å². The number of hydrogen-bond acceptors (Lipinski definition) is 7. The number of hydrogen-bond donors (Lipinski definition) is 1. The van der Waals surface area contributed by atoms with Gasteiger partial charge in [0, 0.05) is 25.2 Å². The average Bonchev–Trinajstić information content (AvgIpc) is 3.41. The number of ether oxygens (including phenoxy) is 2. The third-order valence-electron chi connectivity index (χ3n) is 5.20. The summed E-state index contributed by atoms with van der Waals surface area (Å²) in [4.78, 5) is 36.2. The van der Waals surface area contributed by atoms with Crippen molar-refractivity contribution in [2.24, 2.45) is 0 Å². The third-order valence-corrected chi connectivity index (χ3v) is 5.20. The number of amides is 2. The van der Waals surface area contributed by atoms with E-state index >= 15 is 0 Å². The molecule has 1 aromatic heterocycles. The number of carbonyl (C=O) groups is 3. The number of carbonyl (C=O) groups excluding carboxylic acids is 3. The summed E-state index contributed by atoms with van der Waals surface area (Å²) < 4.78 is 11.8. The maximum atomic E-state index is 13.0. The molecule has 2 fully saturated rings. The van der Waals surface area contributed by atoms with Crippen molar-refractivity contribution in [1.29, 1.82) is 0 Å². The summed E-state index contributed by atoms with van der Waals surface area (Å²) >= 11 is 0. The first-order valence-corrected chi connectivity index (χ1v) is 9.72. The minimum Gasteiger partial charge on any atom is -0.497 e. The van der Waals surface area contributed by atoms with Crippen molar-refractivity contribution in [2.75, 3.05) is 40.0 Å². The molecule has 1 aromatic carbocycles. The van der Waals surface area contributed by atoms with Crippen molar-refractivity contribution >= 4 is 18.1 Å². The molecule has 2 aliphatic heterocycles. The van der Waals surface area contributed by atoms with Gasteiger partial charge in [-0.1, -0.05) is 0 Å². The van der Waals surface area contributed by atoms with Crippen LogP contribution in [-0.4, -0.2) is 83.9 Å². The molecule has 2 amide bonds. The Hall–Kier alpha value is -3.24. The van der Waals surface area contributed by atoms with Crippen LogP contribution in [0.4, 0.5) is 0 Å². The van der Waals surface area contributed by atoms with Crippen LogP contribution in [0.1, 0.15) is 27.4 Å². The van der Waals surface area contributed by atoms with Gasteiger partial charge in [-0.15, -0.1) is 0 Å². The lowest BCUT2D eigenvalue weighted by Gasteiger charge is -2.34. The number of rotatable bonds is 6. The van der Waals surface area contributed by atoms with Gasteiger partial charge in [-0.3, -0.25) is 19.4 Å². The molecule has 0 saturated carbocycles. The zero-order valence-electron chi connectivity index (χ0n) is 16.6. The second-order valence-electron chi connectivity index (χ2n) is 7.12. The first-order valence-electron chi connectivity index (χ1n) is 9.72. The van der Waals surface area contributed by atoms with E-state index in [4.69, 9.17) is 9.47 Å². The molecule has 2 aromatic rings. The minimum atomic E-state index is -0.327. The van der Waals surface area contributed by atoms with Gasteiger partial charge in [0.25, 0.3) is 11.8 Å². The molecule has 2 aliphatic rings. The van der Waals surface area contributed by atoms with Gasteiger partial charge in [-0.05, 0) is 30.7 Å². The van der Waals surface area contributed by atoms with Crippen molar-refractivity contribution in [3.05, 3.63) is 41.7 Å². The van der Waals surface area contributed by atoms with E-state index in [1.807, 2.05) is 5.01 Å². The fourth-order valence-corrected chi connectivity index (χ4v) is 3.69. The number of nitrogens with zero attached hydrogens (tertiary/aromatic N) is 4. The van der Waals surface area contributed by atoms with E-state index in [0.717, 1.165) is 0 Å². The molecular formula is C20H23N5O5. The predicted molar refractivity (Wildman–Crippen MR) is 105 cm³/mol. The molecule has 1 N–H and O–H groups in total. The fraction of sp³-hybridized carbons (Fsp3) is 0.400. The third kappa shape index (κ3) is 4.05. The highest BCUT2D eigenvalue weighted by molar-refractivity contribution is 5.95. The van der Waals surface area contributed by atoms with Gasteiger partial charge in [0.15, 0.2) is 6.29 Å². The molecule has 1 unspecified atom stereocenters. The lowest BCUT2D eigenvalue weighted by molar-refractivity contribution is -0.162. The average molecular weight is 413 g/mol. The minimum absolute atomic E-state index is 0.0681. The Morgan fingerprint density at radius 1 is 1.30 bits per heavy atom. The van der Waals surface area contributed by atoms with Crippen LogP contribution >= 0.6 is 0 Å². The largest absolute Gasteiger partial charge is 0.497 e. The van der Waals surface area contributed by atoms with Crippen LogP contribution in [0.3, 0.4) is 0 Å². The summed E-state index contributed by atoms with van der Waals surface area (Å²) in [6, 6.07) is 8.38. The van der Waals surface area contributed by atoms with Gasteiger partial charge in [-0.25, -0.2) is 9.69 Å². The van der Waals surface area contributed by atoms with Gasteiger partial charge >= 0.3 is 0 Å². The fourth-order valence-electron chi connectivity index (χ4n) is 3.69. The van der Waals surface area contributed by atoms with Gasteiger partial charge in [0.2, 0.25) is 0 Å². The Labute approximate surface area is 173 Å². The number of benzene rings is 1. The second-order valence-corrected chi connectivity index (χ2v) is 7.12. The Balaban J connectivity index is 1.47. The molecular weight excluding hydrogens is 390 g/mol. The summed E-state index contributed by atoms with van der Waals surface area (Å²) in [5, 5.41) is 10.9. The first kappa shape index (κ1) is 20.0. The van der Waals surface area contributed by atoms with Gasteiger partial charge < -0.3 is 14.8 Å². The molecule has 10 nitrogen and oxygen atoms in total. The zero-order valence-corrected chi connectivity index (χ0v) is 16.6. The van der Waals surface area contributed by atoms with Crippen LogP contribution in [0.2, 0.25) is 0 Å². The summed E-state index contributed by atoms with van der Waals surface area (Å²) in [6.45, 7) is 2.33. The molecule has 0 aliphatic carbocycles. The number of nitrogens with one attached hydrogen (secondary N) is 1. The predicted octanol–water partition coefficient (Wildman–Crippen LogP) is 0.271. The van der Waals surface area contributed by atoms with Crippen molar-refractivity contribution in [2.45, 2.75) is 12.5 Å². The molecule has 0 radical (unpaired) electrons. The number of morpholine rings is 1. The molecule has 158 valence electrons. The highest BCUT2D eigenvalue weighted by Gasteiger charge is 2.32. The van der Waals surface area contributed by atoms with Crippen LogP contribution < -0.4 is 10.1 Å². The number of hydrazine groups is 1. The first-order chi connectivity index (χ1) is 14.6. The summed E-state index contributed by atoms with van der Waals surface area (Å²) in [5.74, 6) is 0.282.